The average molecular weight is 283 g/mol. The summed E-state index contributed by atoms with van der Waals surface area (Å²) in [6.45, 7) is 2.36. The number of hydrogen-bond acceptors (Lipinski definition) is 5. The number of ether oxygens (including phenoxy) is 1. The van der Waals surface area contributed by atoms with Crippen LogP contribution in [0, 0.1) is 0 Å². The van der Waals surface area contributed by atoms with E-state index < -0.39 is 0 Å². The van der Waals surface area contributed by atoms with Crippen molar-refractivity contribution < 1.29 is 9.53 Å². The maximum Gasteiger partial charge on any atom is 0.176 e. The monoisotopic (exact) mass is 283 g/mol. The zero-order valence-corrected chi connectivity index (χ0v) is 11.6. The molecule has 0 aliphatic carbocycles. The first kappa shape index (κ1) is 13.6. The van der Waals surface area contributed by atoms with Crippen molar-refractivity contribution in [3.05, 3.63) is 53.9 Å². The summed E-state index contributed by atoms with van der Waals surface area (Å²) in [5.41, 5.74) is 2.63. The van der Waals surface area contributed by atoms with Gasteiger partial charge in [-0.3, -0.25) is 9.78 Å². The Balaban J connectivity index is 1.58. The van der Waals surface area contributed by atoms with Gasteiger partial charge in [-0.2, -0.15) is 0 Å². The van der Waals surface area contributed by atoms with Crippen LogP contribution in [0.2, 0.25) is 0 Å². The fourth-order valence-corrected chi connectivity index (χ4v) is 2.24. The summed E-state index contributed by atoms with van der Waals surface area (Å²) in [7, 11) is 0. The van der Waals surface area contributed by atoms with Crippen LogP contribution in [0.4, 0.5) is 5.69 Å². The number of nitrogens with zero attached hydrogens (tertiary/aromatic N) is 1. The standard InChI is InChI=1S/C16H17N3O2/c20-15(11-18-10-12-2-1-5-17-9-12)13-3-4-16-14(8-13)19-6-7-21-16/h1-5,8-9,18-19H,6-7,10-11H2. The van der Waals surface area contributed by atoms with E-state index in [4.69, 9.17) is 4.74 Å². The molecule has 0 fully saturated rings. The van der Waals surface area contributed by atoms with Gasteiger partial charge in [0, 0.05) is 31.0 Å². The first-order valence-corrected chi connectivity index (χ1v) is 6.96. The van der Waals surface area contributed by atoms with Crippen LogP contribution in [0.3, 0.4) is 0 Å². The highest BCUT2D eigenvalue weighted by atomic mass is 16.5. The van der Waals surface area contributed by atoms with E-state index in [1.165, 1.54) is 0 Å². The molecule has 5 nitrogen and oxygen atoms in total. The van der Waals surface area contributed by atoms with Crippen LogP contribution in [0.25, 0.3) is 0 Å². The number of anilines is 1. The Labute approximate surface area is 123 Å². The Morgan fingerprint density at radius 1 is 1.38 bits per heavy atom. The van der Waals surface area contributed by atoms with Crippen LogP contribution < -0.4 is 15.4 Å². The number of carbonyl (C=O) groups excluding carboxylic acids is 1. The summed E-state index contributed by atoms with van der Waals surface area (Å²) in [4.78, 5) is 16.2. The molecule has 1 aromatic heterocycles. The van der Waals surface area contributed by atoms with Gasteiger partial charge in [0.25, 0.3) is 0 Å². The van der Waals surface area contributed by atoms with E-state index >= 15 is 0 Å². The van der Waals surface area contributed by atoms with Gasteiger partial charge in [0.1, 0.15) is 12.4 Å². The summed E-state index contributed by atoms with van der Waals surface area (Å²) in [6.07, 6.45) is 3.52. The molecule has 2 aromatic rings. The van der Waals surface area contributed by atoms with E-state index in [9.17, 15) is 4.79 Å². The quantitative estimate of drug-likeness (QED) is 0.820. The van der Waals surface area contributed by atoms with Crippen molar-refractivity contribution >= 4 is 11.5 Å². The predicted molar refractivity (Wildman–Crippen MR) is 80.7 cm³/mol. The summed E-state index contributed by atoms with van der Waals surface area (Å²) in [6, 6.07) is 9.36. The molecule has 0 saturated heterocycles. The summed E-state index contributed by atoms with van der Waals surface area (Å²) in [5.74, 6) is 0.871. The Morgan fingerprint density at radius 3 is 3.19 bits per heavy atom. The Hall–Kier alpha value is -2.40. The number of carbonyl (C=O) groups is 1. The van der Waals surface area contributed by atoms with Crippen LogP contribution >= 0.6 is 0 Å². The topological polar surface area (TPSA) is 63.2 Å². The van der Waals surface area contributed by atoms with Crippen molar-refractivity contribution in [1.82, 2.24) is 10.3 Å². The Bertz CT molecular complexity index is 629. The first-order chi connectivity index (χ1) is 10.3. The van der Waals surface area contributed by atoms with Crippen molar-refractivity contribution in [2.45, 2.75) is 6.54 Å². The number of pyridine rings is 1. The van der Waals surface area contributed by atoms with Gasteiger partial charge in [-0.1, -0.05) is 6.07 Å². The number of ketones is 1. The Kier molecular flexibility index (Phi) is 4.12. The van der Waals surface area contributed by atoms with Gasteiger partial charge in [-0.05, 0) is 29.8 Å². The molecule has 0 spiro atoms. The van der Waals surface area contributed by atoms with Crippen LogP contribution in [-0.2, 0) is 6.54 Å². The number of rotatable bonds is 5. The molecule has 0 amide bonds. The number of nitrogens with one attached hydrogen (secondary N) is 2. The number of fused-ring (bicyclic) bond motifs is 1. The minimum absolute atomic E-state index is 0.0639. The molecular weight excluding hydrogens is 266 g/mol. The molecule has 2 N–H and O–H groups in total. The summed E-state index contributed by atoms with van der Waals surface area (Å²) in [5, 5.41) is 6.37. The molecule has 2 heterocycles. The Morgan fingerprint density at radius 2 is 2.33 bits per heavy atom. The molecule has 0 atom stereocenters. The fourth-order valence-electron chi connectivity index (χ4n) is 2.24. The highest BCUT2D eigenvalue weighted by Gasteiger charge is 2.13. The van der Waals surface area contributed by atoms with Gasteiger partial charge in [0.2, 0.25) is 0 Å². The number of benzene rings is 1. The average Bonchev–Trinajstić information content (AvgIpc) is 2.55. The van der Waals surface area contributed by atoms with E-state index in [0.29, 0.717) is 25.3 Å². The maximum absolute atomic E-state index is 12.2. The second kappa shape index (κ2) is 6.37. The molecule has 5 heteroatoms. The van der Waals surface area contributed by atoms with E-state index in [0.717, 1.165) is 23.5 Å². The minimum Gasteiger partial charge on any atom is -0.490 e. The number of aromatic nitrogens is 1. The third-order valence-corrected chi connectivity index (χ3v) is 3.31. The van der Waals surface area contributed by atoms with Gasteiger partial charge in [-0.15, -0.1) is 0 Å². The lowest BCUT2D eigenvalue weighted by atomic mass is 10.1. The molecule has 21 heavy (non-hydrogen) atoms. The van der Waals surface area contributed by atoms with Crippen molar-refractivity contribution in [1.29, 1.82) is 0 Å². The molecule has 0 saturated carbocycles. The minimum atomic E-state index is 0.0639. The largest absolute Gasteiger partial charge is 0.490 e. The number of hydrogen-bond donors (Lipinski definition) is 2. The molecule has 1 aliphatic heterocycles. The SMILES string of the molecule is O=C(CNCc1cccnc1)c1ccc2c(c1)NCCO2. The van der Waals surface area contributed by atoms with Crippen molar-refractivity contribution in [2.75, 3.05) is 25.0 Å². The summed E-state index contributed by atoms with van der Waals surface area (Å²) < 4.78 is 5.50. The van der Waals surface area contributed by atoms with Gasteiger partial charge < -0.3 is 15.4 Å². The van der Waals surface area contributed by atoms with Gasteiger partial charge in [0.15, 0.2) is 5.78 Å². The zero-order chi connectivity index (χ0) is 14.5. The molecule has 0 bridgehead atoms. The molecule has 3 rings (SSSR count). The van der Waals surface area contributed by atoms with Crippen LogP contribution in [0.5, 0.6) is 5.75 Å². The molecule has 1 aliphatic rings. The van der Waals surface area contributed by atoms with E-state index in [1.807, 2.05) is 24.3 Å². The van der Waals surface area contributed by atoms with Crippen LogP contribution in [0.15, 0.2) is 42.7 Å². The normalized spacial score (nSPS) is 13.0. The highest BCUT2D eigenvalue weighted by Crippen LogP contribution is 2.28. The maximum atomic E-state index is 12.2. The number of Topliss-reactive ketones (excluding diaryl/α,β-unsaturated/α-hetero) is 1. The third kappa shape index (κ3) is 3.38. The second-order valence-corrected chi connectivity index (χ2v) is 4.87. The van der Waals surface area contributed by atoms with Gasteiger partial charge >= 0.3 is 0 Å². The molecular formula is C16H17N3O2. The molecule has 1 aromatic carbocycles. The smallest absolute Gasteiger partial charge is 0.176 e. The van der Waals surface area contributed by atoms with Crippen LogP contribution in [-0.4, -0.2) is 30.5 Å². The van der Waals surface area contributed by atoms with Crippen molar-refractivity contribution in [2.24, 2.45) is 0 Å². The van der Waals surface area contributed by atoms with Crippen molar-refractivity contribution in [3.8, 4) is 5.75 Å². The van der Waals surface area contributed by atoms with E-state index in [1.54, 1.807) is 18.5 Å². The second-order valence-electron chi connectivity index (χ2n) is 4.87. The van der Waals surface area contributed by atoms with Gasteiger partial charge in [-0.25, -0.2) is 0 Å². The highest BCUT2D eigenvalue weighted by molar-refractivity contribution is 5.98. The lowest BCUT2D eigenvalue weighted by Crippen LogP contribution is -2.23. The zero-order valence-electron chi connectivity index (χ0n) is 11.6. The summed E-state index contributed by atoms with van der Waals surface area (Å²) >= 11 is 0. The lowest BCUT2D eigenvalue weighted by molar-refractivity contribution is 0.0991. The fraction of sp³-hybridized carbons (Fsp3) is 0.250. The third-order valence-electron chi connectivity index (χ3n) is 3.31. The van der Waals surface area contributed by atoms with E-state index in [-0.39, 0.29) is 5.78 Å². The molecule has 108 valence electrons. The van der Waals surface area contributed by atoms with E-state index in [2.05, 4.69) is 15.6 Å². The molecule has 0 unspecified atom stereocenters. The predicted octanol–water partition coefficient (Wildman–Crippen LogP) is 1.86. The van der Waals surface area contributed by atoms with Crippen molar-refractivity contribution in [3.63, 3.8) is 0 Å². The lowest BCUT2D eigenvalue weighted by Gasteiger charge is -2.19. The molecule has 0 radical (unpaired) electrons. The first-order valence-electron chi connectivity index (χ1n) is 6.96. The van der Waals surface area contributed by atoms with Crippen LogP contribution in [0.1, 0.15) is 15.9 Å². The van der Waals surface area contributed by atoms with Gasteiger partial charge in [0.05, 0.1) is 12.2 Å².